The van der Waals surface area contributed by atoms with E-state index >= 15 is 0 Å². The van der Waals surface area contributed by atoms with Gasteiger partial charge in [-0.15, -0.1) is 0 Å². The highest BCUT2D eigenvalue weighted by Gasteiger charge is 2.12. The van der Waals surface area contributed by atoms with Crippen LogP contribution in [0.15, 0.2) is 30.5 Å². The second kappa shape index (κ2) is 5.04. The fourth-order valence-electron chi connectivity index (χ4n) is 1.85. The Morgan fingerprint density at radius 2 is 2.06 bits per heavy atom. The van der Waals surface area contributed by atoms with Crippen LogP contribution in [0.2, 0.25) is 5.02 Å². The average Bonchev–Trinajstić information content (AvgIpc) is 2.70. The number of aliphatic hydroxyl groups excluding tert-OH is 1. The van der Waals surface area contributed by atoms with Gasteiger partial charge in [-0.2, -0.15) is 0 Å². The van der Waals surface area contributed by atoms with Gasteiger partial charge in [-0.3, -0.25) is 0 Å². The number of hydrogen-bond acceptors (Lipinski definition) is 2. The largest absolute Gasteiger partial charge is 0.390 e. The number of aromatic amines is 1. The molecule has 3 nitrogen and oxygen atoms in total. The van der Waals surface area contributed by atoms with E-state index < -0.39 is 0 Å². The van der Waals surface area contributed by atoms with E-state index in [1.54, 1.807) is 6.20 Å². The van der Waals surface area contributed by atoms with Crippen molar-refractivity contribution >= 4 is 23.8 Å². The van der Waals surface area contributed by atoms with Crippen molar-refractivity contribution in [2.24, 2.45) is 0 Å². The summed E-state index contributed by atoms with van der Waals surface area (Å²) in [5.74, 6) is 0. The van der Waals surface area contributed by atoms with Crippen LogP contribution in [0.25, 0.3) is 0 Å². The number of aliphatic hydroxyl groups is 1. The van der Waals surface area contributed by atoms with Gasteiger partial charge in [0.15, 0.2) is 4.77 Å². The highest BCUT2D eigenvalue weighted by atomic mass is 35.5. The van der Waals surface area contributed by atoms with Crippen LogP contribution in [0.5, 0.6) is 0 Å². The summed E-state index contributed by atoms with van der Waals surface area (Å²) in [7, 11) is 0. The minimum absolute atomic E-state index is 0.0366. The van der Waals surface area contributed by atoms with Crippen molar-refractivity contribution < 1.29 is 5.11 Å². The van der Waals surface area contributed by atoms with Crippen molar-refractivity contribution in [1.82, 2.24) is 9.55 Å². The maximum Gasteiger partial charge on any atom is 0.177 e. The Morgan fingerprint density at radius 1 is 1.41 bits per heavy atom. The van der Waals surface area contributed by atoms with Crippen LogP contribution < -0.4 is 0 Å². The lowest BCUT2D eigenvalue weighted by atomic mass is 10.1. The van der Waals surface area contributed by atoms with Gasteiger partial charge in [0.1, 0.15) is 0 Å². The molecule has 0 aliphatic heterocycles. The Kier molecular flexibility index (Phi) is 3.66. The number of imidazole rings is 1. The van der Waals surface area contributed by atoms with Gasteiger partial charge in [-0.25, -0.2) is 0 Å². The van der Waals surface area contributed by atoms with Crippen LogP contribution >= 0.6 is 23.8 Å². The number of H-pyrrole nitrogens is 1. The van der Waals surface area contributed by atoms with E-state index in [9.17, 15) is 5.11 Å². The lowest BCUT2D eigenvalue weighted by Gasteiger charge is -2.16. The van der Waals surface area contributed by atoms with E-state index in [0.717, 1.165) is 11.3 Å². The summed E-state index contributed by atoms with van der Waals surface area (Å²) < 4.78 is 2.51. The first-order valence-corrected chi connectivity index (χ1v) is 6.07. The summed E-state index contributed by atoms with van der Waals surface area (Å²) in [5.41, 5.74) is 1.87. The Labute approximate surface area is 110 Å². The minimum atomic E-state index is -0.0366. The monoisotopic (exact) mass is 268 g/mol. The van der Waals surface area contributed by atoms with Gasteiger partial charge in [0, 0.05) is 11.2 Å². The Hall–Kier alpha value is -1.10. The van der Waals surface area contributed by atoms with E-state index in [2.05, 4.69) is 4.98 Å². The molecule has 2 N–H and O–H groups in total. The van der Waals surface area contributed by atoms with Gasteiger partial charge in [-0.05, 0) is 36.8 Å². The summed E-state index contributed by atoms with van der Waals surface area (Å²) in [6.07, 6.45) is 1.73. The molecule has 0 unspecified atom stereocenters. The number of hydrogen-bond donors (Lipinski definition) is 2. The van der Waals surface area contributed by atoms with E-state index in [0.29, 0.717) is 9.79 Å². The number of nitrogens with zero attached hydrogens (tertiary/aromatic N) is 1. The van der Waals surface area contributed by atoms with Gasteiger partial charge in [0.05, 0.1) is 18.3 Å². The molecule has 0 bridgehead atoms. The molecule has 0 fully saturated rings. The SMILES string of the molecule is C[C@@H](c1ccc(Cl)cc1)n1c(CO)c[nH]c1=S. The average molecular weight is 269 g/mol. The van der Waals surface area contributed by atoms with Crippen molar-refractivity contribution in [1.29, 1.82) is 0 Å². The molecular weight excluding hydrogens is 256 g/mol. The van der Waals surface area contributed by atoms with E-state index in [-0.39, 0.29) is 12.6 Å². The molecule has 1 aromatic carbocycles. The number of aromatic nitrogens is 2. The molecular formula is C12H13ClN2OS. The summed E-state index contributed by atoms with van der Waals surface area (Å²) in [6.45, 7) is 2.00. The van der Waals surface area contributed by atoms with Crippen LogP contribution in [0.1, 0.15) is 24.2 Å². The third-order valence-corrected chi connectivity index (χ3v) is 3.36. The number of benzene rings is 1. The van der Waals surface area contributed by atoms with Crippen molar-refractivity contribution in [2.75, 3.05) is 0 Å². The van der Waals surface area contributed by atoms with E-state index in [1.165, 1.54) is 0 Å². The molecule has 0 radical (unpaired) electrons. The van der Waals surface area contributed by atoms with Crippen molar-refractivity contribution in [3.8, 4) is 0 Å². The maximum atomic E-state index is 9.26. The summed E-state index contributed by atoms with van der Waals surface area (Å²) in [4.78, 5) is 2.94. The molecule has 17 heavy (non-hydrogen) atoms. The predicted molar refractivity (Wildman–Crippen MR) is 70.8 cm³/mol. The second-order valence-corrected chi connectivity index (χ2v) is 4.66. The second-order valence-electron chi connectivity index (χ2n) is 3.84. The van der Waals surface area contributed by atoms with Gasteiger partial charge in [0.25, 0.3) is 0 Å². The molecule has 0 spiro atoms. The molecule has 0 saturated heterocycles. The van der Waals surface area contributed by atoms with Crippen LogP contribution in [0.4, 0.5) is 0 Å². The molecule has 0 saturated carbocycles. The van der Waals surface area contributed by atoms with Gasteiger partial charge >= 0.3 is 0 Å². The first-order valence-electron chi connectivity index (χ1n) is 5.28. The number of nitrogens with one attached hydrogen (secondary N) is 1. The van der Waals surface area contributed by atoms with Crippen molar-refractivity contribution in [2.45, 2.75) is 19.6 Å². The number of rotatable bonds is 3. The zero-order valence-corrected chi connectivity index (χ0v) is 10.9. The molecule has 1 heterocycles. The topological polar surface area (TPSA) is 41.0 Å². The van der Waals surface area contributed by atoms with Crippen LogP contribution in [-0.2, 0) is 6.61 Å². The maximum absolute atomic E-state index is 9.26. The Morgan fingerprint density at radius 3 is 2.65 bits per heavy atom. The number of halogens is 1. The third-order valence-electron chi connectivity index (χ3n) is 2.79. The zero-order chi connectivity index (χ0) is 12.4. The van der Waals surface area contributed by atoms with Crippen molar-refractivity contribution in [3.63, 3.8) is 0 Å². The molecule has 2 rings (SSSR count). The minimum Gasteiger partial charge on any atom is -0.390 e. The van der Waals surface area contributed by atoms with Gasteiger partial charge in [-0.1, -0.05) is 23.7 Å². The highest BCUT2D eigenvalue weighted by Crippen LogP contribution is 2.22. The van der Waals surface area contributed by atoms with Crippen LogP contribution in [0.3, 0.4) is 0 Å². The Balaban J connectivity index is 2.43. The normalized spacial score (nSPS) is 12.6. The van der Waals surface area contributed by atoms with E-state index in [4.69, 9.17) is 23.8 Å². The molecule has 0 aliphatic carbocycles. The molecule has 5 heteroatoms. The first-order chi connectivity index (χ1) is 8.13. The molecule has 1 aromatic heterocycles. The van der Waals surface area contributed by atoms with Gasteiger partial charge in [0.2, 0.25) is 0 Å². The summed E-state index contributed by atoms with van der Waals surface area (Å²) in [5, 5.41) is 9.97. The highest BCUT2D eigenvalue weighted by molar-refractivity contribution is 7.71. The van der Waals surface area contributed by atoms with Crippen LogP contribution in [0, 0.1) is 4.77 Å². The lowest BCUT2D eigenvalue weighted by molar-refractivity contribution is 0.269. The van der Waals surface area contributed by atoms with Crippen LogP contribution in [-0.4, -0.2) is 14.7 Å². The molecule has 0 aliphatic rings. The third kappa shape index (κ3) is 2.44. The lowest BCUT2D eigenvalue weighted by Crippen LogP contribution is -2.10. The first kappa shape index (κ1) is 12.4. The molecule has 1 atom stereocenters. The van der Waals surface area contributed by atoms with E-state index in [1.807, 2.05) is 35.8 Å². The zero-order valence-electron chi connectivity index (χ0n) is 9.35. The fraction of sp³-hybridized carbons (Fsp3) is 0.250. The Bertz CT molecular complexity index is 559. The molecule has 90 valence electrons. The molecule has 2 aromatic rings. The summed E-state index contributed by atoms with van der Waals surface area (Å²) >= 11 is 11.1. The predicted octanol–water partition coefficient (Wildman–Crippen LogP) is 3.30. The standard InChI is InChI=1S/C12H13ClN2OS/c1-8(9-2-4-10(13)5-3-9)15-11(7-16)6-14-12(15)17/h2-6,8,16H,7H2,1H3,(H,14,17)/t8-/m0/s1. The molecule has 0 amide bonds. The quantitative estimate of drug-likeness (QED) is 0.839. The smallest absolute Gasteiger partial charge is 0.177 e. The fourth-order valence-corrected chi connectivity index (χ4v) is 2.31. The van der Waals surface area contributed by atoms with Gasteiger partial charge < -0.3 is 14.7 Å². The van der Waals surface area contributed by atoms with Crippen molar-refractivity contribution in [3.05, 3.63) is 51.5 Å². The summed E-state index contributed by atoms with van der Waals surface area (Å²) in [6, 6.07) is 7.68.